The lowest BCUT2D eigenvalue weighted by atomic mass is 10.1. The standard InChI is InChI=1S/C16H19NO3/c1-12-3-5-13(6-4-12)7-8-15(18)17-10-9-14(11-17)16(19)20-2/h3-8,14H,9-11H2,1-2H3/b8-7+. The van der Waals surface area contributed by atoms with Gasteiger partial charge in [0.1, 0.15) is 0 Å². The SMILES string of the molecule is COC(=O)C1CCN(C(=O)/C=C/c2ccc(C)cc2)C1. The van der Waals surface area contributed by atoms with E-state index >= 15 is 0 Å². The topological polar surface area (TPSA) is 46.6 Å². The van der Waals surface area contributed by atoms with Gasteiger partial charge in [-0.3, -0.25) is 9.59 Å². The van der Waals surface area contributed by atoms with Crippen LogP contribution in [0.4, 0.5) is 0 Å². The molecule has 1 heterocycles. The number of carbonyl (C=O) groups is 2. The summed E-state index contributed by atoms with van der Waals surface area (Å²) in [7, 11) is 1.38. The van der Waals surface area contributed by atoms with Gasteiger partial charge in [-0.05, 0) is 25.0 Å². The molecule has 0 aromatic heterocycles. The Bertz CT molecular complexity index is 519. The largest absolute Gasteiger partial charge is 0.469 e. The lowest BCUT2D eigenvalue weighted by Gasteiger charge is -2.13. The number of benzene rings is 1. The fourth-order valence-corrected chi connectivity index (χ4v) is 2.27. The third-order valence-corrected chi connectivity index (χ3v) is 3.53. The molecule has 2 rings (SSSR count). The summed E-state index contributed by atoms with van der Waals surface area (Å²) >= 11 is 0. The van der Waals surface area contributed by atoms with E-state index in [9.17, 15) is 9.59 Å². The number of amides is 1. The number of methoxy groups -OCH3 is 1. The molecule has 0 N–H and O–H groups in total. The minimum Gasteiger partial charge on any atom is -0.469 e. The first-order chi connectivity index (χ1) is 9.60. The first kappa shape index (κ1) is 14.3. The Morgan fingerprint density at radius 3 is 2.65 bits per heavy atom. The Morgan fingerprint density at radius 2 is 2.00 bits per heavy atom. The van der Waals surface area contributed by atoms with E-state index in [0.717, 1.165) is 5.56 Å². The summed E-state index contributed by atoms with van der Waals surface area (Å²) < 4.78 is 4.71. The first-order valence-electron chi connectivity index (χ1n) is 6.71. The molecule has 0 aliphatic carbocycles. The van der Waals surface area contributed by atoms with Crippen molar-refractivity contribution in [2.24, 2.45) is 5.92 Å². The summed E-state index contributed by atoms with van der Waals surface area (Å²) in [4.78, 5) is 25.1. The van der Waals surface area contributed by atoms with Crippen LogP contribution in [-0.2, 0) is 14.3 Å². The molecule has 1 aromatic rings. The number of esters is 1. The summed E-state index contributed by atoms with van der Waals surface area (Å²) in [5.41, 5.74) is 2.18. The highest BCUT2D eigenvalue weighted by Gasteiger charge is 2.30. The van der Waals surface area contributed by atoms with Crippen LogP contribution < -0.4 is 0 Å². The van der Waals surface area contributed by atoms with Crippen LogP contribution in [0, 0.1) is 12.8 Å². The second kappa shape index (κ2) is 6.37. The smallest absolute Gasteiger partial charge is 0.310 e. The van der Waals surface area contributed by atoms with Crippen molar-refractivity contribution in [1.82, 2.24) is 4.90 Å². The van der Waals surface area contributed by atoms with Crippen LogP contribution in [-0.4, -0.2) is 37.0 Å². The monoisotopic (exact) mass is 273 g/mol. The maximum atomic E-state index is 12.0. The number of nitrogens with zero attached hydrogens (tertiary/aromatic N) is 1. The van der Waals surface area contributed by atoms with Gasteiger partial charge in [-0.25, -0.2) is 0 Å². The number of hydrogen-bond acceptors (Lipinski definition) is 3. The Balaban J connectivity index is 1.92. The van der Waals surface area contributed by atoms with E-state index in [2.05, 4.69) is 0 Å². The minimum absolute atomic E-state index is 0.0584. The molecule has 4 nitrogen and oxygen atoms in total. The number of likely N-dealkylation sites (tertiary alicyclic amines) is 1. The summed E-state index contributed by atoms with van der Waals surface area (Å²) in [6.45, 7) is 3.08. The fraction of sp³-hybridized carbons (Fsp3) is 0.375. The summed E-state index contributed by atoms with van der Waals surface area (Å²) in [5, 5.41) is 0. The highest BCUT2D eigenvalue weighted by molar-refractivity contribution is 5.92. The molecule has 0 spiro atoms. The van der Waals surface area contributed by atoms with Crippen LogP contribution in [0.15, 0.2) is 30.3 Å². The minimum atomic E-state index is -0.234. The maximum Gasteiger partial charge on any atom is 0.310 e. The van der Waals surface area contributed by atoms with Crippen molar-refractivity contribution in [2.75, 3.05) is 20.2 Å². The number of carbonyl (C=O) groups excluding carboxylic acids is 2. The Hall–Kier alpha value is -2.10. The van der Waals surface area contributed by atoms with E-state index < -0.39 is 0 Å². The van der Waals surface area contributed by atoms with Crippen molar-refractivity contribution >= 4 is 18.0 Å². The Labute approximate surface area is 119 Å². The molecular formula is C16H19NO3. The first-order valence-corrected chi connectivity index (χ1v) is 6.71. The zero-order chi connectivity index (χ0) is 14.5. The molecule has 0 bridgehead atoms. The molecule has 0 saturated carbocycles. The van der Waals surface area contributed by atoms with Crippen molar-refractivity contribution in [2.45, 2.75) is 13.3 Å². The van der Waals surface area contributed by atoms with E-state index in [1.165, 1.54) is 12.7 Å². The summed E-state index contributed by atoms with van der Waals surface area (Å²) in [5.74, 6) is -0.475. The number of aryl methyl sites for hydroxylation is 1. The normalized spacial score (nSPS) is 18.5. The number of hydrogen-bond donors (Lipinski definition) is 0. The summed E-state index contributed by atoms with van der Waals surface area (Å²) in [6.07, 6.45) is 4.04. The fourth-order valence-electron chi connectivity index (χ4n) is 2.27. The molecule has 106 valence electrons. The van der Waals surface area contributed by atoms with Crippen LogP contribution in [0.3, 0.4) is 0 Å². The van der Waals surface area contributed by atoms with Gasteiger partial charge in [-0.1, -0.05) is 29.8 Å². The molecule has 1 aromatic carbocycles. The number of rotatable bonds is 3. The van der Waals surface area contributed by atoms with Gasteiger partial charge in [-0.15, -0.1) is 0 Å². The van der Waals surface area contributed by atoms with E-state index in [4.69, 9.17) is 4.74 Å². The van der Waals surface area contributed by atoms with Crippen molar-refractivity contribution < 1.29 is 14.3 Å². The van der Waals surface area contributed by atoms with E-state index in [1.54, 1.807) is 17.1 Å². The van der Waals surface area contributed by atoms with Crippen LogP contribution in [0.2, 0.25) is 0 Å². The van der Waals surface area contributed by atoms with Gasteiger partial charge in [0, 0.05) is 19.2 Å². The molecule has 1 atom stereocenters. The average molecular weight is 273 g/mol. The van der Waals surface area contributed by atoms with Gasteiger partial charge in [0.05, 0.1) is 13.0 Å². The lowest BCUT2D eigenvalue weighted by Crippen LogP contribution is -2.28. The quantitative estimate of drug-likeness (QED) is 0.625. The molecule has 1 amide bonds. The van der Waals surface area contributed by atoms with E-state index in [-0.39, 0.29) is 17.8 Å². The molecule has 1 saturated heterocycles. The zero-order valence-corrected chi connectivity index (χ0v) is 11.8. The zero-order valence-electron chi connectivity index (χ0n) is 11.8. The predicted octanol–water partition coefficient (Wildman–Crippen LogP) is 2.03. The molecule has 1 fully saturated rings. The molecular weight excluding hydrogens is 254 g/mol. The molecule has 20 heavy (non-hydrogen) atoms. The van der Waals surface area contributed by atoms with Gasteiger partial charge in [0.2, 0.25) is 5.91 Å². The second-order valence-electron chi connectivity index (χ2n) is 5.04. The summed E-state index contributed by atoms with van der Waals surface area (Å²) in [6, 6.07) is 7.96. The van der Waals surface area contributed by atoms with Gasteiger partial charge >= 0.3 is 5.97 Å². The van der Waals surface area contributed by atoms with Gasteiger partial charge in [-0.2, -0.15) is 0 Å². The lowest BCUT2D eigenvalue weighted by molar-refractivity contribution is -0.145. The van der Waals surface area contributed by atoms with Gasteiger partial charge in [0.15, 0.2) is 0 Å². The highest BCUT2D eigenvalue weighted by atomic mass is 16.5. The van der Waals surface area contributed by atoms with Crippen LogP contribution in [0.5, 0.6) is 0 Å². The second-order valence-corrected chi connectivity index (χ2v) is 5.04. The predicted molar refractivity (Wildman–Crippen MR) is 76.9 cm³/mol. The molecule has 1 aliphatic heterocycles. The highest BCUT2D eigenvalue weighted by Crippen LogP contribution is 2.18. The van der Waals surface area contributed by atoms with Crippen molar-refractivity contribution in [3.63, 3.8) is 0 Å². The molecule has 1 aliphatic rings. The van der Waals surface area contributed by atoms with Crippen LogP contribution in [0.1, 0.15) is 17.5 Å². The Kier molecular flexibility index (Phi) is 4.56. The molecule has 0 radical (unpaired) electrons. The van der Waals surface area contributed by atoms with Gasteiger partial charge in [0.25, 0.3) is 0 Å². The van der Waals surface area contributed by atoms with Crippen molar-refractivity contribution in [3.8, 4) is 0 Å². The maximum absolute atomic E-state index is 12.0. The third-order valence-electron chi connectivity index (χ3n) is 3.53. The van der Waals surface area contributed by atoms with E-state index in [0.29, 0.717) is 19.5 Å². The van der Waals surface area contributed by atoms with Crippen molar-refractivity contribution in [1.29, 1.82) is 0 Å². The Morgan fingerprint density at radius 1 is 1.30 bits per heavy atom. The number of ether oxygens (including phenoxy) is 1. The van der Waals surface area contributed by atoms with Crippen LogP contribution >= 0.6 is 0 Å². The van der Waals surface area contributed by atoms with Gasteiger partial charge < -0.3 is 9.64 Å². The average Bonchev–Trinajstić information content (AvgIpc) is 2.95. The van der Waals surface area contributed by atoms with Crippen molar-refractivity contribution in [3.05, 3.63) is 41.5 Å². The van der Waals surface area contributed by atoms with E-state index in [1.807, 2.05) is 31.2 Å². The third kappa shape index (κ3) is 3.47. The molecule has 1 unspecified atom stereocenters. The van der Waals surface area contributed by atoms with Crippen LogP contribution in [0.25, 0.3) is 6.08 Å². The molecule has 4 heteroatoms.